The van der Waals surface area contributed by atoms with Gasteiger partial charge in [-0.25, -0.2) is 9.18 Å². The molecule has 0 bridgehead atoms. The molecule has 0 aromatic heterocycles. The Hall–Kier alpha value is -2.44. The number of piperidine rings is 1. The molecule has 1 N–H and O–H groups in total. The second kappa shape index (κ2) is 8.29. The van der Waals surface area contributed by atoms with Crippen molar-refractivity contribution in [3.63, 3.8) is 0 Å². The number of benzene rings is 1. The molecular formula is C21H28FNO5. The molecule has 6 nitrogen and oxygen atoms in total. The lowest BCUT2D eigenvalue weighted by molar-refractivity contribution is -0.161. The zero-order valence-electron chi connectivity index (χ0n) is 16.9. The number of hydrogen-bond acceptors (Lipinski definition) is 4. The summed E-state index contributed by atoms with van der Waals surface area (Å²) in [5, 5.41) is 9.42. The molecule has 0 aliphatic carbocycles. The first kappa shape index (κ1) is 21.9. The quantitative estimate of drug-likeness (QED) is 0.624. The summed E-state index contributed by atoms with van der Waals surface area (Å²) in [5.74, 6) is -3.33. The molecule has 2 rings (SSSR count). The number of aldehydes is 1. The van der Waals surface area contributed by atoms with Crippen molar-refractivity contribution in [3.8, 4) is 0 Å². The van der Waals surface area contributed by atoms with E-state index in [4.69, 9.17) is 4.74 Å². The van der Waals surface area contributed by atoms with Crippen molar-refractivity contribution in [1.29, 1.82) is 0 Å². The molecule has 4 unspecified atom stereocenters. The number of esters is 1. The molecule has 0 saturated carbocycles. The third-order valence-corrected chi connectivity index (χ3v) is 5.67. The summed E-state index contributed by atoms with van der Waals surface area (Å²) < 4.78 is 19.8. The van der Waals surface area contributed by atoms with Gasteiger partial charge in [0.05, 0.1) is 5.92 Å². The number of halogens is 1. The molecule has 1 aliphatic rings. The Bertz CT molecular complexity index is 758. The number of carbonyl (C=O) groups is 3. The van der Waals surface area contributed by atoms with Crippen LogP contribution in [0.1, 0.15) is 44.7 Å². The second-order valence-electron chi connectivity index (χ2n) is 8.52. The fourth-order valence-corrected chi connectivity index (χ4v) is 3.47. The van der Waals surface area contributed by atoms with Crippen molar-refractivity contribution >= 4 is 18.3 Å². The average Bonchev–Trinajstić information content (AvgIpc) is 2.62. The van der Waals surface area contributed by atoms with Gasteiger partial charge in [0.25, 0.3) is 0 Å². The third kappa shape index (κ3) is 4.51. The van der Waals surface area contributed by atoms with Crippen molar-refractivity contribution in [3.05, 3.63) is 35.1 Å². The van der Waals surface area contributed by atoms with Gasteiger partial charge in [0, 0.05) is 24.9 Å². The van der Waals surface area contributed by atoms with Crippen LogP contribution in [0.15, 0.2) is 18.2 Å². The molecule has 1 amide bonds. The summed E-state index contributed by atoms with van der Waals surface area (Å²) >= 11 is 0. The van der Waals surface area contributed by atoms with Crippen LogP contribution in [0.3, 0.4) is 0 Å². The number of nitrogens with zero attached hydrogens (tertiary/aromatic N) is 1. The predicted octanol–water partition coefficient (Wildman–Crippen LogP) is 3.62. The topological polar surface area (TPSA) is 83.9 Å². The SMILES string of the molecule is Cc1c(F)cccc1C1C(C=O)CN(C(=O)O)CC1C(=O)OC(C)C(C)(C)C. The Morgan fingerprint density at radius 2 is 1.96 bits per heavy atom. The van der Waals surface area contributed by atoms with Gasteiger partial charge >= 0.3 is 12.1 Å². The minimum atomic E-state index is -1.21. The monoisotopic (exact) mass is 393 g/mol. The van der Waals surface area contributed by atoms with E-state index in [9.17, 15) is 23.9 Å². The minimum Gasteiger partial charge on any atom is -0.465 e. The maximum atomic E-state index is 14.2. The van der Waals surface area contributed by atoms with Gasteiger partial charge in [-0.05, 0) is 36.5 Å². The summed E-state index contributed by atoms with van der Waals surface area (Å²) in [5.41, 5.74) is 0.586. The van der Waals surface area contributed by atoms with Gasteiger partial charge in [0.1, 0.15) is 18.2 Å². The summed E-state index contributed by atoms with van der Waals surface area (Å²) in [6, 6.07) is 4.53. The van der Waals surface area contributed by atoms with Crippen LogP contribution < -0.4 is 0 Å². The van der Waals surface area contributed by atoms with E-state index in [2.05, 4.69) is 0 Å². The summed E-state index contributed by atoms with van der Waals surface area (Å²) in [7, 11) is 0. The molecule has 1 aromatic rings. The van der Waals surface area contributed by atoms with Crippen LogP contribution in [-0.4, -0.2) is 47.5 Å². The van der Waals surface area contributed by atoms with E-state index in [-0.39, 0.29) is 18.5 Å². The largest absolute Gasteiger partial charge is 0.465 e. The molecule has 1 fully saturated rings. The number of ether oxygens (including phenoxy) is 1. The fourth-order valence-electron chi connectivity index (χ4n) is 3.47. The van der Waals surface area contributed by atoms with Gasteiger partial charge in [0.15, 0.2) is 0 Å². The van der Waals surface area contributed by atoms with Crippen molar-refractivity contribution in [1.82, 2.24) is 4.90 Å². The van der Waals surface area contributed by atoms with Gasteiger partial charge < -0.3 is 19.5 Å². The highest BCUT2D eigenvalue weighted by molar-refractivity contribution is 5.78. The summed E-state index contributed by atoms with van der Waals surface area (Å²) in [6.45, 7) is 9.01. The Balaban J connectivity index is 2.47. The van der Waals surface area contributed by atoms with E-state index in [1.54, 1.807) is 19.9 Å². The normalized spacial score (nSPS) is 23.8. The molecule has 1 saturated heterocycles. The van der Waals surface area contributed by atoms with Crippen LogP contribution >= 0.6 is 0 Å². The molecule has 154 valence electrons. The van der Waals surface area contributed by atoms with E-state index in [0.717, 1.165) is 4.90 Å². The van der Waals surface area contributed by atoms with Crippen LogP contribution in [0.2, 0.25) is 0 Å². The van der Waals surface area contributed by atoms with Gasteiger partial charge in [-0.2, -0.15) is 0 Å². The van der Waals surface area contributed by atoms with Crippen LogP contribution in [0.5, 0.6) is 0 Å². The average molecular weight is 393 g/mol. The maximum Gasteiger partial charge on any atom is 0.407 e. The highest BCUT2D eigenvalue weighted by Gasteiger charge is 2.45. The maximum absolute atomic E-state index is 14.2. The molecule has 28 heavy (non-hydrogen) atoms. The van der Waals surface area contributed by atoms with Crippen molar-refractivity contribution in [2.45, 2.75) is 46.6 Å². The highest BCUT2D eigenvalue weighted by Crippen LogP contribution is 2.40. The van der Waals surface area contributed by atoms with Gasteiger partial charge in [-0.1, -0.05) is 32.9 Å². The Kier molecular flexibility index (Phi) is 6.47. The zero-order valence-corrected chi connectivity index (χ0v) is 16.9. The standard InChI is InChI=1S/C21H28FNO5/c1-12-15(7-6-8-17(12)22)18-14(11-24)9-23(20(26)27)10-16(18)19(25)28-13(2)21(3,4)5/h6-8,11,13-14,16,18H,9-10H2,1-5H3,(H,26,27). The number of rotatable bonds is 4. The van der Waals surface area contributed by atoms with E-state index in [0.29, 0.717) is 17.4 Å². The summed E-state index contributed by atoms with van der Waals surface area (Å²) in [4.78, 5) is 37.4. The molecule has 0 spiro atoms. The van der Waals surface area contributed by atoms with Crippen LogP contribution in [0.25, 0.3) is 0 Å². The van der Waals surface area contributed by atoms with Crippen molar-refractivity contribution in [2.24, 2.45) is 17.3 Å². The molecule has 1 aromatic carbocycles. The van der Waals surface area contributed by atoms with Crippen molar-refractivity contribution < 1.29 is 28.6 Å². The Labute approximate surface area is 164 Å². The lowest BCUT2D eigenvalue weighted by Crippen LogP contribution is -2.51. The van der Waals surface area contributed by atoms with E-state index in [1.165, 1.54) is 12.1 Å². The number of hydrogen-bond donors (Lipinski definition) is 1. The molecule has 1 aliphatic heterocycles. The molecule has 1 heterocycles. The highest BCUT2D eigenvalue weighted by atomic mass is 19.1. The van der Waals surface area contributed by atoms with Gasteiger partial charge in [0.2, 0.25) is 0 Å². The first-order valence-electron chi connectivity index (χ1n) is 9.36. The predicted molar refractivity (Wildman–Crippen MR) is 102 cm³/mol. The van der Waals surface area contributed by atoms with Gasteiger partial charge in [-0.3, -0.25) is 4.79 Å². The van der Waals surface area contributed by atoms with Gasteiger partial charge in [-0.15, -0.1) is 0 Å². The van der Waals surface area contributed by atoms with Crippen molar-refractivity contribution in [2.75, 3.05) is 13.1 Å². The zero-order chi connectivity index (χ0) is 21.2. The smallest absolute Gasteiger partial charge is 0.407 e. The van der Waals surface area contributed by atoms with E-state index >= 15 is 0 Å². The second-order valence-corrected chi connectivity index (χ2v) is 8.52. The Morgan fingerprint density at radius 1 is 1.32 bits per heavy atom. The fraction of sp³-hybridized carbons (Fsp3) is 0.571. The number of amides is 1. The van der Waals surface area contributed by atoms with E-state index in [1.807, 2.05) is 20.8 Å². The third-order valence-electron chi connectivity index (χ3n) is 5.67. The first-order valence-corrected chi connectivity index (χ1v) is 9.36. The number of likely N-dealkylation sites (tertiary alicyclic amines) is 1. The molecule has 0 radical (unpaired) electrons. The summed E-state index contributed by atoms with van der Waals surface area (Å²) in [6.07, 6.45) is -0.968. The van der Waals surface area contributed by atoms with Crippen LogP contribution in [0.4, 0.5) is 9.18 Å². The lowest BCUT2D eigenvalue weighted by atomic mass is 9.73. The number of carboxylic acid groups (broad SMARTS) is 1. The molecule has 4 atom stereocenters. The molecule has 7 heteroatoms. The van der Waals surface area contributed by atoms with E-state index < -0.39 is 41.7 Å². The van der Waals surface area contributed by atoms with Crippen LogP contribution in [0, 0.1) is 30.0 Å². The first-order chi connectivity index (χ1) is 13.0. The lowest BCUT2D eigenvalue weighted by Gasteiger charge is -2.41. The number of carbonyl (C=O) groups excluding carboxylic acids is 2. The minimum absolute atomic E-state index is 0.0436. The molecular weight excluding hydrogens is 365 g/mol. The van der Waals surface area contributed by atoms with Crippen LogP contribution in [-0.2, 0) is 14.3 Å². The Morgan fingerprint density at radius 3 is 2.50 bits per heavy atom.